The highest BCUT2D eigenvalue weighted by Gasteiger charge is 2.38. The maximum absolute atomic E-state index is 12.4. The summed E-state index contributed by atoms with van der Waals surface area (Å²) in [6, 6.07) is 31.4. The Labute approximate surface area is 330 Å². The summed E-state index contributed by atoms with van der Waals surface area (Å²) in [5, 5.41) is 6.06. The molecule has 1 amide bonds. The predicted molar refractivity (Wildman–Crippen MR) is 218 cm³/mol. The number of hydrogen-bond acceptors (Lipinski definition) is 9. The van der Waals surface area contributed by atoms with Crippen molar-refractivity contribution in [3.8, 4) is 23.0 Å². The molecule has 0 unspecified atom stereocenters. The number of aromatic nitrogens is 3. The molecule has 8 rings (SSSR count). The molecule has 0 spiro atoms. The van der Waals surface area contributed by atoms with E-state index in [9.17, 15) is 4.79 Å². The van der Waals surface area contributed by atoms with Gasteiger partial charge in [-0.05, 0) is 81.8 Å². The number of fused-ring (bicyclic) bond motifs is 1. The van der Waals surface area contributed by atoms with E-state index >= 15 is 0 Å². The number of ether oxygens (including phenoxy) is 4. The number of hydrogen-bond donors (Lipinski definition) is 0. The summed E-state index contributed by atoms with van der Waals surface area (Å²) in [6.45, 7) is 12.0. The first-order valence-electron chi connectivity index (χ1n) is 20.1. The van der Waals surface area contributed by atoms with Crippen molar-refractivity contribution in [2.45, 2.75) is 83.5 Å². The fourth-order valence-electron chi connectivity index (χ4n) is 7.96. The van der Waals surface area contributed by atoms with Gasteiger partial charge in [0.25, 0.3) is 0 Å². The van der Waals surface area contributed by atoms with E-state index in [2.05, 4.69) is 28.0 Å². The molecule has 3 aromatic carbocycles. The Hall–Kier alpha value is -5.13. The van der Waals surface area contributed by atoms with Crippen molar-refractivity contribution >= 4 is 22.7 Å². The van der Waals surface area contributed by atoms with Gasteiger partial charge < -0.3 is 28.7 Å². The van der Waals surface area contributed by atoms with Gasteiger partial charge in [0.2, 0.25) is 11.8 Å². The number of piperazine rings is 1. The number of nitrogens with zero attached hydrogens (tertiary/aromatic N) is 6. The van der Waals surface area contributed by atoms with E-state index in [1.807, 2.05) is 110 Å². The average molecular weight is 759 g/mol. The molecule has 11 heteroatoms. The van der Waals surface area contributed by atoms with Crippen LogP contribution < -0.4 is 14.4 Å². The highest BCUT2D eigenvalue weighted by atomic mass is 16.6. The molecule has 5 aromatic rings. The van der Waals surface area contributed by atoms with Crippen molar-refractivity contribution in [1.82, 2.24) is 24.6 Å². The Morgan fingerprint density at radius 2 is 1.43 bits per heavy atom. The Kier molecular flexibility index (Phi) is 11.2. The Bertz CT molecular complexity index is 2080. The minimum absolute atomic E-state index is 0.216. The third-order valence-corrected chi connectivity index (χ3v) is 11.1. The van der Waals surface area contributed by atoms with E-state index in [1.165, 1.54) is 5.69 Å². The molecule has 56 heavy (non-hydrogen) atoms. The summed E-state index contributed by atoms with van der Waals surface area (Å²) >= 11 is 0. The van der Waals surface area contributed by atoms with Gasteiger partial charge in [0.1, 0.15) is 24.5 Å². The molecule has 0 N–H and O–H groups in total. The van der Waals surface area contributed by atoms with Crippen molar-refractivity contribution in [2.24, 2.45) is 7.05 Å². The number of aryl methyl sites for hydroxylation is 1. The van der Waals surface area contributed by atoms with Crippen LogP contribution in [0.1, 0.15) is 57.6 Å². The highest BCUT2D eigenvalue weighted by Crippen LogP contribution is 2.37. The van der Waals surface area contributed by atoms with E-state index in [1.54, 1.807) is 0 Å². The fourth-order valence-corrected chi connectivity index (χ4v) is 7.96. The number of carbonyl (C=O) groups is 1. The van der Waals surface area contributed by atoms with Crippen LogP contribution >= 0.6 is 0 Å². The molecule has 3 fully saturated rings. The number of likely N-dealkylation sites (tertiary alicyclic amines) is 1. The first kappa shape index (κ1) is 37.8. The monoisotopic (exact) mass is 758 g/mol. The van der Waals surface area contributed by atoms with Gasteiger partial charge in [-0.3, -0.25) is 9.58 Å². The van der Waals surface area contributed by atoms with E-state index in [0.717, 1.165) is 85.1 Å². The number of carbonyl (C=O) groups excluding carboxylic acids is 1. The maximum Gasteiger partial charge on any atom is 0.410 e. The number of piperidine rings is 1. The fraction of sp³-hybridized carbons (Fsp3) is 0.444. The van der Waals surface area contributed by atoms with Crippen LogP contribution in [0, 0.1) is 0 Å². The summed E-state index contributed by atoms with van der Waals surface area (Å²) in [4.78, 5) is 24.2. The Balaban J connectivity index is 0.875. The molecular weight excluding hydrogens is 705 g/mol. The lowest BCUT2D eigenvalue weighted by Crippen LogP contribution is -2.56. The molecule has 0 bridgehead atoms. The first-order valence-corrected chi connectivity index (χ1v) is 20.1. The first-order chi connectivity index (χ1) is 27.1. The summed E-state index contributed by atoms with van der Waals surface area (Å²) in [6.07, 6.45) is 4.24. The Morgan fingerprint density at radius 1 is 0.768 bits per heavy atom. The molecule has 2 aliphatic heterocycles. The molecule has 294 valence electrons. The van der Waals surface area contributed by atoms with Crippen LogP contribution in [0.25, 0.3) is 22.2 Å². The lowest BCUT2D eigenvalue weighted by atomic mass is 9.87. The molecule has 11 nitrogen and oxygen atoms in total. The molecule has 1 aliphatic carbocycles. The van der Waals surface area contributed by atoms with Crippen LogP contribution in [0.2, 0.25) is 0 Å². The SMILES string of the molecule is Cn1nc(-c2ccc(OCc3ccccc3)nc2OCc2ccccc2)c2ccc(N3CCN(C4CC(OC5CCN(C(=O)OC(C)(C)C)CC5)C4)CC3)cc21. The smallest absolute Gasteiger partial charge is 0.410 e. The molecule has 3 aliphatic rings. The standard InChI is InChI=1S/C45H54N6O5/c1-45(2,3)56-44(52)51-21-19-36(20-22-51)55-37-27-35(28-37)50-25-23-49(24-26-50)34-15-16-38-40(29-34)48(4)47-42(38)39-17-18-41(53-30-32-11-7-5-8-12-32)46-43(39)54-31-33-13-9-6-10-14-33/h5-18,29,35-37H,19-28,30-31H2,1-4H3. The van der Waals surface area contributed by atoms with Gasteiger partial charge in [0.05, 0.1) is 23.3 Å². The second kappa shape index (κ2) is 16.5. The quantitative estimate of drug-likeness (QED) is 0.134. The molecule has 2 aromatic heterocycles. The number of benzene rings is 3. The second-order valence-electron chi connectivity index (χ2n) is 16.3. The summed E-state index contributed by atoms with van der Waals surface area (Å²) in [5.41, 5.74) is 5.60. The van der Waals surface area contributed by atoms with Crippen LogP contribution in [-0.2, 0) is 29.7 Å². The zero-order chi connectivity index (χ0) is 38.6. The van der Waals surface area contributed by atoms with Gasteiger partial charge in [-0.25, -0.2) is 4.79 Å². The van der Waals surface area contributed by atoms with Gasteiger partial charge in [-0.1, -0.05) is 60.7 Å². The third-order valence-electron chi connectivity index (χ3n) is 11.1. The minimum atomic E-state index is -0.468. The molecule has 4 heterocycles. The van der Waals surface area contributed by atoms with E-state index in [0.29, 0.717) is 50.2 Å². The lowest BCUT2D eigenvalue weighted by molar-refractivity contribution is -0.103. The van der Waals surface area contributed by atoms with Gasteiger partial charge in [-0.2, -0.15) is 10.1 Å². The van der Waals surface area contributed by atoms with Crippen molar-refractivity contribution in [3.63, 3.8) is 0 Å². The van der Waals surface area contributed by atoms with Gasteiger partial charge in [0, 0.05) is 69.5 Å². The minimum Gasteiger partial charge on any atom is -0.473 e. The molecule has 0 radical (unpaired) electrons. The number of amides is 1. The van der Waals surface area contributed by atoms with Crippen molar-refractivity contribution in [2.75, 3.05) is 44.2 Å². The van der Waals surface area contributed by atoms with E-state index in [4.69, 9.17) is 29.0 Å². The van der Waals surface area contributed by atoms with Crippen molar-refractivity contribution in [1.29, 1.82) is 0 Å². The van der Waals surface area contributed by atoms with Crippen LogP contribution in [0.4, 0.5) is 10.5 Å². The normalized spacial score (nSPS) is 19.5. The topological polar surface area (TPSA) is 94.4 Å². The summed E-state index contributed by atoms with van der Waals surface area (Å²) in [5.74, 6) is 0.997. The zero-order valence-electron chi connectivity index (χ0n) is 33.1. The van der Waals surface area contributed by atoms with E-state index < -0.39 is 5.60 Å². The summed E-state index contributed by atoms with van der Waals surface area (Å²) < 4.78 is 26.5. The van der Waals surface area contributed by atoms with E-state index in [-0.39, 0.29) is 12.2 Å². The van der Waals surface area contributed by atoms with Gasteiger partial charge >= 0.3 is 6.09 Å². The van der Waals surface area contributed by atoms with Crippen molar-refractivity contribution in [3.05, 3.63) is 102 Å². The number of anilines is 1. The molecule has 0 atom stereocenters. The largest absolute Gasteiger partial charge is 0.473 e. The number of rotatable bonds is 11. The lowest BCUT2D eigenvalue weighted by Gasteiger charge is -2.47. The van der Waals surface area contributed by atoms with Gasteiger partial charge in [0.15, 0.2) is 0 Å². The number of pyridine rings is 1. The van der Waals surface area contributed by atoms with Gasteiger partial charge in [-0.15, -0.1) is 0 Å². The van der Waals surface area contributed by atoms with Crippen LogP contribution in [0.15, 0.2) is 91.0 Å². The van der Waals surface area contributed by atoms with Crippen LogP contribution in [0.3, 0.4) is 0 Å². The maximum atomic E-state index is 12.4. The third kappa shape index (κ3) is 8.95. The molecule has 1 saturated carbocycles. The zero-order valence-corrected chi connectivity index (χ0v) is 33.1. The van der Waals surface area contributed by atoms with Crippen molar-refractivity contribution < 1.29 is 23.7 Å². The second-order valence-corrected chi connectivity index (χ2v) is 16.3. The highest BCUT2D eigenvalue weighted by molar-refractivity contribution is 5.96. The van der Waals surface area contributed by atoms with Crippen LogP contribution in [-0.4, -0.2) is 93.8 Å². The van der Waals surface area contributed by atoms with Crippen LogP contribution in [0.5, 0.6) is 11.8 Å². The predicted octanol–water partition coefficient (Wildman–Crippen LogP) is 7.86. The summed E-state index contributed by atoms with van der Waals surface area (Å²) in [7, 11) is 2.00. The molecule has 2 saturated heterocycles. The average Bonchev–Trinajstić information content (AvgIpc) is 3.53. The molecular formula is C45H54N6O5. The Morgan fingerprint density at radius 3 is 2.09 bits per heavy atom.